The van der Waals surface area contributed by atoms with E-state index in [0.717, 1.165) is 12.3 Å². The van der Waals surface area contributed by atoms with Gasteiger partial charge in [0.05, 0.1) is 21.3 Å². The second kappa shape index (κ2) is 5.33. The first kappa shape index (κ1) is 12.8. The van der Waals surface area contributed by atoms with Crippen molar-refractivity contribution in [2.75, 3.05) is 5.32 Å². The van der Waals surface area contributed by atoms with Crippen LogP contribution in [-0.2, 0) is 0 Å². The average Bonchev–Trinajstić information content (AvgIpc) is 2.34. The van der Waals surface area contributed by atoms with Gasteiger partial charge in [-0.1, -0.05) is 29.3 Å². The molecule has 0 saturated heterocycles. The van der Waals surface area contributed by atoms with Gasteiger partial charge in [-0.05, 0) is 24.3 Å². The fraction of sp³-hybridized carbons (Fsp3) is 0. The number of halogens is 3. The first-order valence-electron chi connectivity index (χ1n) is 4.95. The smallest absolute Gasteiger partial charge is 0.257 e. The van der Waals surface area contributed by atoms with Crippen molar-refractivity contribution in [3.05, 3.63) is 58.1 Å². The Hall–Kier alpha value is -1.65. The third-order valence-electron chi connectivity index (χ3n) is 2.19. The maximum Gasteiger partial charge on any atom is 0.257 e. The molecule has 1 heterocycles. The number of amides is 1. The highest BCUT2D eigenvalue weighted by atomic mass is 35.5. The molecule has 1 N–H and O–H groups in total. The van der Waals surface area contributed by atoms with E-state index in [0.29, 0.717) is 15.7 Å². The van der Waals surface area contributed by atoms with Crippen molar-refractivity contribution in [1.29, 1.82) is 0 Å². The van der Waals surface area contributed by atoms with Crippen molar-refractivity contribution in [1.82, 2.24) is 4.98 Å². The lowest BCUT2D eigenvalue weighted by molar-refractivity contribution is 0.102. The molecule has 0 fully saturated rings. The number of carbonyl (C=O) groups excluding carboxylic acids is 1. The summed E-state index contributed by atoms with van der Waals surface area (Å²) in [4.78, 5) is 15.2. The summed E-state index contributed by atoms with van der Waals surface area (Å²) >= 11 is 11.8. The molecule has 18 heavy (non-hydrogen) atoms. The van der Waals surface area contributed by atoms with Gasteiger partial charge in [0.25, 0.3) is 5.91 Å². The number of anilines is 1. The third kappa shape index (κ3) is 2.78. The van der Waals surface area contributed by atoms with Crippen LogP contribution in [0.2, 0.25) is 10.0 Å². The molecule has 0 spiro atoms. The molecule has 1 aromatic carbocycles. The van der Waals surface area contributed by atoms with Crippen LogP contribution in [0.5, 0.6) is 0 Å². The van der Waals surface area contributed by atoms with Crippen LogP contribution in [0.4, 0.5) is 10.1 Å². The van der Waals surface area contributed by atoms with Gasteiger partial charge < -0.3 is 5.32 Å². The molecule has 1 aromatic heterocycles. The van der Waals surface area contributed by atoms with Crippen LogP contribution < -0.4 is 5.32 Å². The first-order valence-corrected chi connectivity index (χ1v) is 5.70. The van der Waals surface area contributed by atoms with Crippen LogP contribution in [0.15, 0.2) is 36.5 Å². The van der Waals surface area contributed by atoms with E-state index < -0.39 is 11.9 Å². The average molecular weight is 285 g/mol. The lowest BCUT2D eigenvalue weighted by atomic mass is 10.2. The standard InChI is InChI=1S/C12H7Cl2FN2O/c13-8-2-1-3-9(14)11(8)17-12(18)7-4-5-10(15)16-6-7/h1-6H,(H,17,18). The molecule has 92 valence electrons. The number of hydrogen-bond donors (Lipinski definition) is 1. The molecule has 3 nitrogen and oxygen atoms in total. The van der Waals surface area contributed by atoms with Crippen LogP contribution in [0.25, 0.3) is 0 Å². The zero-order valence-electron chi connectivity index (χ0n) is 8.95. The van der Waals surface area contributed by atoms with Crippen LogP contribution in [0, 0.1) is 5.95 Å². The van der Waals surface area contributed by atoms with E-state index in [1.54, 1.807) is 18.2 Å². The van der Waals surface area contributed by atoms with E-state index >= 15 is 0 Å². The van der Waals surface area contributed by atoms with E-state index in [9.17, 15) is 9.18 Å². The van der Waals surface area contributed by atoms with Gasteiger partial charge in [-0.3, -0.25) is 4.79 Å². The van der Waals surface area contributed by atoms with Crippen molar-refractivity contribution < 1.29 is 9.18 Å². The van der Waals surface area contributed by atoms with Gasteiger partial charge >= 0.3 is 0 Å². The second-order valence-electron chi connectivity index (χ2n) is 3.42. The maximum absolute atomic E-state index is 12.6. The number of pyridine rings is 1. The summed E-state index contributed by atoms with van der Waals surface area (Å²) in [7, 11) is 0. The predicted octanol–water partition coefficient (Wildman–Crippen LogP) is 3.78. The number of carbonyl (C=O) groups is 1. The fourth-order valence-electron chi connectivity index (χ4n) is 1.31. The van der Waals surface area contributed by atoms with E-state index in [4.69, 9.17) is 23.2 Å². The van der Waals surface area contributed by atoms with Gasteiger partial charge in [0.1, 0.15) is 0 Å². The number of hydrogen-bond acceptors (Lipinski definition) is 2. The van der Waals surface area contributed by atoms with Crippen LogP contribution in [0.1, 0.15) is 10.4 Å². The van der Waals surface area contributed by atoms with Crippen LogP contribution >= 0.6 is 23.2 Å². The lowest BCUT2D eigenvalue weighted by Crippen LogP contribution is -2.13. The zero-order valence-corrected chi connectivity index (χ0v) is 10.5. The summed E-state index contributed by atoms with van der Waals surface area (Å²) in [5.41, 5.74) is 0.530. The van der Waals surface area contributed by atoms with Gasteiger partial charge in [-0.25, -0.2) is 4.98 Å². The van der Waals surface area contributed by atoms with Crippen molar-refractivity contribution in [2.24, 2.45) is 0 Å². The molecular formula is C12H7Cl2FN2O. The number of nitrogens with one attached hydrogen (secondary N) is 1. The Morgan fingerprint density at radius 3 is 2.39 bits per heavy atom. The molecule has 2 aromatic rings. The van der Waals surface area contributed by atoms with Crippen molar-refractivity contribution in [3.8, 4) is 0 Å². The summed E-state index contributed by atoms with van der Waals surface area (Å²) in [6.07, 6.45) is 1.13. The van der Waals surface area contributed by atoms with Crippen LogP contribution in [-0.4, -0.2) is 10.9 Å². The summed E-state index contributed by atoms with van der Waals surface area (Å²) in [5.74, 6) is -1.11. The molecule has 0 aliphatic heterocycles. The quantitative estimate of drug-likeness (QED) is 0.853. The minimum absolute atomic E-state index is 0.215. The summed E-state index contributed by atoms with van der Waals surface area (Å²) in [6.45, 7) is 0. The van der Waals surface area contributed by atoms with Gasteiger partial charge in [0, 0.05) is 6.20 Å². The highest BCUT2D eigenvalue weighted by Crippen LogP contribution is 2.30. The number of rotatable bonds is 2. The minimum atomic E-state index is -0.651. The van der Waals surface area contributed by atoms with Gasteiger partial charge in [0.2, 0.25) is 5.95 Å². The topological polar surface area (TPSA) is 42.0 Å². The van der Waals surface area contributed by atoms with Crippen molar-refractivity contribution >= 4 is 34.8 Å². The Balaban J connectivity index is 2.24. The SMILES string of the molecule is O=C(Nc1c(Cl)cccc1Cl)c1ccc(F)nc1. The van der Waals surface area contributed by atoms with Gasteiger partial charge in [-0.15, -0.1) is 0 Å². The molecule has 0 saturated carbocycles. The Kier molecular flexibility index (Phi) is 3.79. The first-order chi connectivity index (χ1) is 8.58. The molecule has 2 rings (SSSR count). The van der Waals surface area contributed by atoms with E-state index in [1.807, 2.05) is 0 Å². The molecule has 6 heteroatoms. The monoisotopic (exact) mass is 284 g/mol. The Morgan fingerprint density at radius 1 is 1.17 bits per heavy atom. The Bertz CT molecular complexity index is 567. The number of para-hydroxylation sites is 1. The fourth-order valence-corrected chi connectivity index (χ4v) is 1.81. The molecule has 0 bridgehead atoms. The highest BCUT2D eigenvalue weighted by Gasteiger charge is 2.11. The lowest BCUT2D eigenvalue weighted by Gasteiger charge is -2.08. The molecule has 0 aliphatic carbocycles. The van der Waals surface area contributed by atoms with Crippen molar-refractivity contribution in [2.45, 2.75) is 0 Å². The highest BCUT2D eigenvalue weighted by molar-refractivity contribution is 6.40. The molecular weight excluding hydrogens is 278 g/mol. The minimum Gasteiger partial charge on any atom is -0.319 e. The van der Waals surface area contributed by atoms with E-state index in [-0.39, 0.29) is 5.56 Å². The molecule has 1 amide bonds. The van der Waals surface area contributed by atoms with E-state index in [1.165, 1.54) is 6.07 Å². The molecule has 0 radical (unpaired) electrons. The Labute approximate surface area is 113 Å². The summed E-state index contributed by atoms with van der Waals surface area (Å²) in [5, 5.41) is 3.20. The second-order valence-corrected chi connectivity index (χ2v) is 4.23. The molecule has 0 unspecified atom stereocenters. The largest absolute Gasteiger partial charge is 0.319 e. The molecule has 0 atom stereocenters. The van der Waals surface area contributed by atoms with Gasteiger partial charge in [0.15, 0.2) is 0 Å². The van der Waals surface area contributed by atoms with Crippen molar-refractivity contribution in [3.63, 3.8) is 0 Å². The van der Waals surface area contributed by atoms with Crippen LogP contribution in [0.3, 0.4) is 0 Å². The molecule has 0 aliphatic rings. The number of aromatic nitrogens is 1. The summed E-state index contributed by atoms with van der Waals surface area (Å²) < 4.78 is 12.6. The Morgan fingerprint density at radius 2 is 1.83 bits per heavy atom. The van der Waals surface area contributed by atoms with Gasteiger partial charge in [-0.2, -0.15) is 4.39 Å². The number of benzene rings is 1. The maximum atomic E-state index is 12.6. The normalized spacial score (nSPS) is 10.2. The predicted molar refractivity (Wildman–Crippen MR) is 68.6 cm³/mol. The summed E-state index contributed by atoms with van der Waals surface area (Å²) in [6, 6.07) is 7.29. The number of nitrogens with zero attached hydrogens (tertiary/aromatic N) is 1. The van der Waals surface area contributed by atoms with E-state index in [2.05, 4.69) is 10.3 Å². The zero-order chi connectivity index (χ0) is 13.1. The third-order valence-corrected chi connectivity index (χ3v) is 2.82.